The van der Waals surface area contributed by atoms with Crippen molar-refractivity contribution < 1.29 is 14.4 Å². The molecule has 0 fully saturated rings. The summed E-state index contributed by atoms with van der Waals surface area (Å²) in [5.74, 6) is 1.17. The normalized spacial score (nSPS) is 16.3. The second-order valence-electron chi connectivity index (χ2n) is 4.78. The molecule has 0 bridgehead atoms. The van der Waals surface area contributed by atoms with Gasteiger partial charge >= 0.3 is 0 Å². The summed E-state index contributed by atoms with van der Waals surface area (Å²) in [5, 5.41) is 11.9. The van der Waals surface area contributed by atoms with Gasteiger partial charge in [0.05, 0.1) is 12.0 Å². The second kappa shape index (κ2) is 5.69. The molecular weight excluding hydrogens is 306 g/mol. The van der Waals surface area contributed by atoms with Crippen molar-refractivity contribution in [1.29, 1.82) is 0 Å². The van der Waals surface area contributed by atoms with Crippen molar-refractivity contribution >= 4 is 17.7 Å². The zero-order valence-electron chi connectivity index (χ0n) is 11.7. The summed E-state index contributed by atoms with van der Waals surface area (Å²) in [6.07, 6.45) is 0.702. The zero-order valence-corrected chi connectivity index (χ0v) is 12.4. The Balaban J connectivity index is 2.08. The van der Waals surface area contributed by atoms with Gasteiger partial charge in [-0.05, 0) is 30.3 Å². The number of rotatable bonds is 3. The second-order valence-corrected chi connectivity index (χ2v) is 5.22. The van der Waals surface area contributed by atoms with E-state index in [0.717, 1.165) is 0 Å². The predicted molar refractivity (Wildman–Crippen MR) is 82.8 cm³/mol. The van der Waals surface area contributed by atoms with E-state index < -0.39 is 11.0 Å². The van der Waals surface area contributed by atoms with Crippen LogP contribution in [0, 0.1) is 10.1 Å². The van der Waals surface area contributed by atoms with E-state index in [-0.39, 0.29) is 5.70 Å². The first kappa shape index (κ1) is 14.4. The first-order valence-corrected chi connectivity index (χ1v) is 6.92. The highest BCUT2D eigenvalue weighted by atomic mass is 35.5. The van der Waals surface area contributed by atoms with Gasteiger partial charge in [-0.2, -0.15) is 0 Å². The molecule has 3 rings (SSSR count). The molecule has 0 saturated heterocycles. The smallest absolute Gasteiger partial charge is 0.291 e. The molecule has 1 aliphatic rings. The molecule has 0 radical (unpaired) electrons. The first-order valence-electron chi connectivity index (χ1n) is 6.54. The number of benzene rings is 2. The number of hydrogen-bond acceptors (Lipinski definition) is 4. The van der Waals surface area contributed by atoms with Crippen LogP contribution in [0.2, 0.25) is 5.02 Å². The molecule has 1 heterocycles. The van der Waals surface area contributed by atoms with Crippen molar-refractivity contribution in [3.63, 3.8) is 0 Å². The average Bonchev–Trinajstić information content (AvgIpc) is 2.53. The molecule has 2 aromatic rings. The van der Waals surface area contributed by atoms with Crippen molar-refractivity contribution in [2.75, 3.05) is 7.11 Å². The van der Waals surface area contributed by atoms with Crippen LogP contribution in [0.5, 0.6) is 11.5 Å². The maximum Gasteiger partial charge on any atom is 0.291 e. The number of hydrogen-bond donors (Lipinski definition) is 0. The van der Waals surface area contributed by atoms with Crippen molar-refractivity contribution in [3.8, 4) is 11.5 Å². The Morgan fingerprint density at radius 1 is 1.27 bits per heavy atom. The molecule has 5 nitrogen and oxygen atoms in total. The molecule has 22 heavy (non-hydrogen) atoms. The quantitative estimate of drug-likeness (QED) is 0.631. The van der Waals surface area contributed by atoms with E-state index >= 15 is 0 Å². The van der Waals surface area contributed by atoms with Gasteiger partial charge in [0.2, 0.25) is 6.10 Å². The lowest BCUT2D eigenvalue weighted by atomic mass is 10.0. The number of methoxy groups -OCH3 is 1. The SMILES string of the molecule is COc1cccc([C@H]2Oc3ccc(Cl)cc3C=C2[N+](=O)[O-])c1. The van der Waals surface area contributed by atoms with Crippen LogP contribution in [0.1, 0.15) is 17.2 Å². The van der Waals surface area contributed by atoms with Gasteiger partial charge in [-0.1, -0.05) is 23.7 Å². The maximum atomic E-state index is 11.4. The van der Waals surface area contributed by atoms with Gasteiger partial charge in [-0.25, -0.2) is 0 Å². The molecule has 0 aliphatic carbocycles. The standard InChI is InChI=1S/C16H12ClNO4/c1-21-13-4-2-3-10(8-13)16-14(18(19)20)9-11-7-12(17)5-6-15(11)22-16/h2-9,16H,1H3/t16-/m1/s1. The van der Waals surface area contributed by atoms with E-state index in [1.807, 2.05) is 0 Å². The van der Waals surface area contributed by atoms with E-state index in [1.165, 1.54) is 6.08 Å². The molecular formula is C16H12ClNO4. The maximum absolute atomic E-state index is 11.4. The minimum atomic E-state index is -0.793. The van der Waals surface area contributed by atoms with Crippen LogP contribution in [0.3, 0.4) is 0 Å². The lowest BCUT2D eigenvalue weighted by Gasteiger charge is -2.23. The zero-order chi connectivity index (χ0) is 15.7. The molecule has 0 amide bonds. The molecule has 6 heteroatoms. The van der Waals surface area contributed by atoms with E-state index in [9.17, 15) is 10.1 Å². The van der Waals surface area contributed by atoms with Crippen LogP contribution in [-0.2, 0) is 0 Å². The summed E-state index contributed by atoms with van der Waals surface area (Å²) < 4.78 is 11.0. The largest absolute Gasteiger partial charge is 0.497 e. The van der Waals surface area contributed by atoms with Crippen molar-refractivity contribution in [1.82, 2.24) is 0 Å². The molecule has 0 N–H and O–H groups in total. The van der Waals surface area contributed by atoms with Gasteiger partial charge in [0.1, 0.15) is 11.5 Å². The van der Waals surface area contributed by atoms with Crippen LogP contribution < -0.4 is 9.47 Å². The Morgan fingerprint density at radius 3 is 2.82 bits per heavy atom. The van der Waals surface area contributed by atoms with Gasteiger partial charge in [0, 0.05) is 22.2 Å². The molecule has 1 aliphatic heterocycles. The lowest BCUT2D eigenvalue weighted by molar-refractivity contribution is -0.434. The summed E-state index contributed by atoms with van der Waals surface area (Å²) in [7, 11) is 1.54. The first-order chi connectivity index (χ1) is 10.6. The van der Waals surface area contributed by atoms with Crippen LogP contribution in [-0.4, -0.2) is 12.0 Å². The molecule has 112 valence electrons. The Labute approximate surface area is 131 Å². The third kappa shape index (κ3) is 2.63. The fraction of sp³-hybridized carbons (Fsp3) is 0.125. The molecule has 0 aromatic heterocycles. The Kier molecular flexibility index (Phi) is 3.73. The third-order valence-corrected chi connectivity index (χ3v) is 3.63. The number of nitro groups is 1. The summed E-state index contributed by atoms with van der Waals surface area (Å²) in [5.41, 5.74) is 1.21. The number of fused-ring (bicyclic) bond motifs is 1. The van der Waals surface area contributed by atoms with E-state index in [1.54, 1.807) is 49.6 Å². The van der Waals surface area contributed by atoms with Gasteiger partial charge in [-0.15, -0.1) is 0 Å². The molecule has 0 saturated carbocycles. The molecule has 1 atom stereocenters. The van der Waals surface area contributed by atoms with Crippen molar-refractivity contribution in [3.05, 3.63) is 74.4 Å². The number of ether oxygens (including phenoxy) is 2. The fourth-order valence-corrected chi connectivity index (χ4v) is 2.53. The number of halogens is 1. The highest BCUT2D eigenvalue weighted by Gasteiger charge is 2.33. The van der Waals surface area contributed by atoms with Gasteiger partial charge in [0.25, 0.3) is 5.70 Å². The van der Waals surface area contributed by atoms with Crippen molar-refractivity contribution in [2.24, 2.45) is 0 Å². The topological polar surface area (TPSA) is 61.6 Å². The van der Waals surface area contributed by atoms with Crippen LogP contribution >= 0.6 is 11.6 Å². The molecule has 0 spiro atoms. The summed E-state index contributed by atoms with van der Waals surface area (Å²) in [4.78, 5) is 10.9. The minimum absolute atomic E-state index is 0.0389. The molecule has 0 unspecified atom stereocenters. The van der Waals surface area contributed by atoms with Crippen LogP contribution in [0.15, 0.2) is 48.2 Å². The number of nitrogens with zero attached hydrogens (tertiary/aromatic N) is 1. The van der Waals surface area contributed by atoms with Crippen LogP contribution in [0.4, 0.5) is 0 Å². The van der Waals surface area contributed by atoms with E-state index in [4.69, 9.17) is 21.1 Å². The van der Waals surface area contributed by atoms with Crippen molar-refractivity contribution in [2.45, 2.75) is 6.10 Å². The molecule has 2 aromatic carbocycles. The van der Waals surface area contributed by atoms with Gasteiger partial charge in [-0.3, -0.25) is 10.1 Å². The Bertz CT molecular complexity index is 772. The third-order valence-electron chi connectivity index (χ3n) is 3.40. The summed E-state index contributed by atoms with van der Waals surface area (Å²) in [6, 6.07) is 12.1. The summed E-state index contributed by atoms with van der Waals surface area (Å²) >= 11 is 5.93. The average molecular weight is 318 g/mol. The predicted octanol–water partition coefficient (Wildman–Crippen LogP) is 4.10. The Morgan fingerprint density at radius 2 is 2.09 bits per heavy atom. The van der Waals surface area contributed by atoms with E-state index in [2.05, 4.69) is 0 Å². The van der Waals surface area contributed by atoms with Gasteiger partial charge < -0.3 is 9.47 Å². The highest BCUT2D eigenvalue weighted by molar-refractivity contribution is 6.30. The minimum Gasteiger partial charge on any atom is -0.497 e. The lowest BCUT2D eigenvalue weighted by Crippen LogP contribution is -2.19. The monoisotopic (exact) mass is 317 g/mol. The fourth-order valence-electron chi connectivity index (χ4n) is 2.35. The summed E-state index contributed by atoms with van der Waals surface area (Å²) in [6.45, 7) is 0. The Hall–Kier alpha value is -2.53. The van der Waals surface area contributed by atoms with Crippen LogP contribution in [0.25, 0.3) is 6.08 Å². The highest BCUT2D eigenvalue weighted by Crippen LogP contribution is 2.39. The van der Waals surface area contributed by atoms with Gasteiger partial charge in [0.15, 0.2) is 0 Å². The van der Waals surface area contributed by atoms with E-state index in [0.29, 0.717) is 27.6 Å².